The number of rotatable bonds is 2. The van der Waals surface area contributed by atoms with Crippen LogP contribution in [-0.4, -0.2) is 11.6 Å². The fourth-order valence-electron chi connectivity index (χ4n) is 2.17. The van der Waals surface area contributed by atoms with Crippen molar-refractivity contribution < 1.29 is 4.42 Å². The number of fused-ring (bicyclic) bond motifs is 1. The molecule has 0 saturated heterocycles. The smallest absolute Gasteiger partial charge is 0.408 e. The Bertz CT molecular complexity index is 815. The first-order valence-corrected chi connectivity index (χ1v) is 6.25. The topological polar surface area (TPSA) is 64.4 Å². The fraction of sp³-hybridized carbons (Fsp3) is 0.133. The van der Waals surface area contributed by atoms with E-state index in [1.54, 1.807) is 13.1 Å². The molecular weight excluding hydrogens is 254 g/mol. The molecular formula is C15H15N3O2. The van der Waals surface area contributed by atoms with Crippen LogP contribution in [0.2, 0.25) is 0 Å². The van der Waals surface area contributed by atoms with E-state index in [0.717, 1.165) is 22.6 Å². The normalized spacial score (nSPS) is 10.9. The molecule has 0 unspecified atom stereocenters. The van der Waals surface area contributed by atoms with Crippen LogP contribution in [0.25, 0.3) is 11.1 Å². The number of nitrogen functional groups attached to an aromatic ring is 1. The van der Waals surface area contributed by atoms with Gasteiger partial charge in [-0.3, -0.25) is 4.57 Å². The maximum atomic E-state index is 11.5. The fourth-order valence-corrected chi connectivity index (χ4v) is 2.17. The number of nitrogens with two attached hydrogens (primary N) is 1. The second-order valence-corrected chi connectivity index (χ2v) is 4.73. The lowest BCUT2D eigenvalue weighted by molar-refractivity contribution is 0.528. The minimum atomic E-state index is -0.354. The minimum absolute atomic E-state index is 0.354. The zero-order valence-corrected chi connectivity index (χ0v) is 11.3. The van der Waals surface area contributed by atoms with E-state index in [4.69, 9.17) is 10.2 Å². The van der Waals surface area contributed by atoms with Gasteiger partial charge in [-0.15, -0.1) is 0 Å². The number of hydrogen-bond acceptors (Lipinski definition) is 4. The van der Waals surface area contributed by atoms with E-state index in [1.165, 1.54) is 4.57 Å². The van der Waals surface area contributed by atoms with Crippen molar-refractivity contribution in [3.63, 3.8) is 0 Å². The first-order valence-electron chi connectivity index (χ1n) is 6.25. The van der Waals surface area contributed by atoms with Gasteiger partial charge in [0, 0.05) is 31.2 Å². The highest BCUT2D eigenvalue weighted by atomic mass is 16.4. The van der Waals surface area contributed by atoms with E-state index in [1.807, 2.05) is 48.3 Å². The minimum Gasteiger partial charge on any atom is -0.408 e. The Morgan fingerprint density at radius 1 is 1.10 bits per heavy atom. The Morgan fingerprint density at radius 2 is 1.75 bits per heavy atom. The van der Waals surface area contributed by atoms with Crippen LogP contribution in [0.15, 0.2) is 51.7 Å². The lowest BCUT2D eigenvalue weighted by atomic mass is 10.2. The van der Waals surface area contributed by atoms with Gasteiger partial charge in [0.1, 0.15) is 0 Å². The van der Waals surface area contributed by atoms with Gasteiger partial charge in [0.15, 0.2) is 5.58 Å². The van der Waals surface area contributed by atoms with Crippen LogP contribution in [0.1, 0.15) is 0 Å². The van der Waals surface area contributed by atoms with Crippen molar-refractivity contribution >= 4 is 28.2 Å². The summed E-state index contributed by atoms with van der Waals surface area (Å²) in [6.07, 6.45) is 0. The maximum Gasteiger partial charge on any atom is 0.419 e. The highest BCUT2D eigenvalue weighted by molar-refractivity contribution is 5.80. The van der Waals surface area contributed by atoms with E-state index < -0.39 is 0 Å². The number of oxazole rings is 1. The number of nitrogens with zero attached hydrogens (tertiary/aromatic N) is 2. The quantitative estimate of drug-likeness (QED) is 0.726. The Hall–Kier alpha value is -2.69. The molecule has 0 aliphatic rings. The van der Waals surface area contributed by atoms with Crippen molar-refractivity contribution in [3.05, 3.63) is 53.0 Å². The molecule has 2 N–H and O–H groups in total. The lowest BCUT2D eigenvalue weighted by Gasteiger charge is -2.19. The SMILES string of the molecule is CN(c1ccc(N)cc1)c1ccc2oc(=O)n(C)c2c1. The van der Waals surface area contributed by atoms with Gasteiger partial charge in [-0.25, -0.2) is 4.79 Å². The van der Waals surface area contributed by atoms with Crippen molar-refractivity contribution in [3.8, 4) is 0 Å². The Balaban J connectivity index is 2.07. The molecule has 2 aromatic carbocycles. The number of aryl methyl sites for hydroxylation is 1. The van der Waals surface area contributed by atoms with E-state index >= 15 is 0 Å². The van der Waals surface area contributed by atoms with Gasteiger partial charge in [0.2, 0.25) is 0 Å². The van der Waals surface area contributed by atoms with E-state index in [0.29, 0.717) is 5.58 Å². The van der Waals surface area contributed by atoms with E-state index in [2.05, 4.69) is 0 Å². The second kappa shape index (κ2) is 4.45. The summed E-state index contributed by atoms with van der Waals surface area (Å²) in [6, 6.07) is 13.3. The van der Waals surface area contributed by atoms with Gasteiger partial charge >= 0.3 is 5.76 Å². The highest BCUT2D eigenvalue weighted by Crippen LogP contribution is 2.27. The maximum absolute atomic E-state index is 11.5. The number of hydrogen-bond donors (Lipinski definition) is 1. The lowest BCUT2D eigenvalue weighted by Crippen LogP contribution is -2.10. The van der Waals surface area contributed by atoms with Crippen molar-refractivity contribution in [2.75, 3.05) is 17.7 Å². The average molecular weight is 269 g/mol. The zero-order valence-electron chi connectivity index (χ0n) is 11.3. The summed E-state index contributed by atoms with van der Waals surface area (Å²) in [6.45, 7) is 0. The summed E-state index contributed by atoms with van der Waals surface area (Å²) in [4.78, 5) is 13.5. The summed E-state index contributed by atoms with van der Waals surface area (Å²) in [5.41, 5.74) is 9.78. The standard InChI is InChI=1S/C15H15N3O2/c1-17(11-5-3-10(16)4-6-11)12-7-8-14-13(9-12)18(2)15(19)20-14/h3-9H,16H2,1-2H3. The molecule has 0 fully saturated rings. The van der Waals surface area contributed by atoms with Crippen molar-refractivity contribution in [2.24, 2.45) is 7.05 Å². The predicted octanol–water partition coefficient (Wildman–Crippen LogP) is 2.48. The predicted molar refractivity (Wildman–Crippen MR) is 80.4 cm³/mol. The second-order valence-electron chi connectivity index (χ2n) is 4.73. The van der Waals surface area contributed by atoms with E-state index in [9.17, 15) is 4.79 Å². The molecule has 3 aromatic rings. The third-order valence-electron chi connectivity index (χ3n) is 3.44. The molecule has 0 spiro atoms. The molecule has 102 valence electrons. The van der Waals surface area contributed by atoms with Crippen LogP contribution in [0.3, 0.4) is 0 Å². The number of benzene rings is 2. The molecule has 5 nitrogen and oxygen atoms in total. The molecule has 3 rings (SSSR count). The van der Waals surface area contributed by atoms with E-state index in [-0.39, 0.29) is 5.76 Å². The monoisotopic (exact) mass is 269 g/mol. The van der Waals surface area contributed by atoms with Crippen LogP contribution in [0.4, 0.5) is 17.1 Å². The molecule has 0 radical (unpaired) electrons. The first-order chi connectivity index (χ1) is 9.56. The van der Waals surface area contributed by atoms with Gasteiger partial charge in [0.25, 0.3) is 0 Å². The van der Waals surface area contributed by atoms with Crippen molar-refractivity contribution in [1.82, 2.24) is 4.57 Å². The Morgan fingerprint density at radius 3 is 2.45 bits per heavy atom. The van der Waals surface area contributed by atoms with Gasteiger partial charge in [-0.2, -0.15) is 0 Å². The number of aromatic nitrogens is 1. The molecule has 0 amide bonds. The molecule has 0 bridgehead atoms. The molecule has 0 aliphatic heterocycles. The van der Waals surface area contributed by atoms with Crippen LogP contribution in [0.5, 0.6) is 0 Å². The Kier molecular flexibility index (Phi) is 2.75. The largest absolute Gasteiger partial charge is 0.419 e. The average Bonchev–Trinajstić information content (AvgIpc) is 2.74. The highest BCUT2D eigenvalue weighted by Gasteiger charge is 2.09. The summed E-state index contributed by atoms with van der Waals surface area (Å²) in [5.74, 6) is -0.354. The van der Waals surface area contributed by atoms with Crippen molar-refractivity contribution in [1.29, 1.82) is 0 Å². The van der Waals surface area contributed by atoms with Crippen LogP contribution < -0.4 is 16.4 Å². The van der Waals surface area contributed by atoms with Gasteiger partial charge < -0.3 is 15.1 Å². The summed E-state index contributed by atoms with van der Waals surface area (Å²) in [5, 5.41) is 0. The summed E-state index contributed by atoms with van der Waals surface area (Å²) < 4.78 is 6.62. The molecule has 0 atom stereocenters. The van der Waals surface area contributed by atoms with Gasteiger partial charge in [0.05, 0.1) is 5.52 Å². The molecule has 1 aromatic heterocycles. The molecule has 1 heterocycles. The molecule has 5 heteroatoms. The number of anilines is 3. The summed E-state index contributed by atoms with van der Waals surface area (Å²) >= 11 is 0. The van der Waals surface area contributed by atoms with Crippen LogP contribution in [-0.2, 0) is 7.05 Å². The third kappa shape index (κ3) is 1.93. The first kappa shape index (κ1) is 12.3. The molecule has 0 saturated carbocycles. The Labute approximate surface area is 115 Å². The molecule has 20 heavy (non-hydrogen) atoms. The molecule has 0 aliphatic carbocycles. The zero-order chi connectivity index (χ0) is 14.3. The van der Waals surface area contributed by atoms with Crippen molar-refractivity contribution in [2.45, 2.75) is 0 Å². The van der Waals surface area contributed by atoms with Crippen LogP contribution >= 0.6 is 0 Å². The van der Waals surface area contributed by atoms with Gasteiger partial charge in [-0.05, 0) is 42.5 Å². The third-order valence-corrected chi connectivity index (χ3v) is 3.44. The van der Waals surface area contributed by atoms with Gasteiger partial charge in [-0.1, -0.05) is 0 Å². The summed E-state index contributed by atoms with van der Waals surface area (Å²) in [7, 11) is 3.66. The van der Waals surface area contributed by atoms with Crippen LogP contribution in [0, 0.1) is 0 Å².